The summed E-state index contributed by atoms with van der Waals surface area (Å²) in [7, 11) is 0. The second kappa shape index (κ2) is 29.6. The van der Waals surface area contributed by atoms with Gasteiger partial charge < -0.3 is 66.3 Å². The number of halogens is 2. The van der Waals surface area contributed by atoms with Gasteiger partial charge in [0.1, 0.15) is 49.4 Å². The zero-order chi connectivity index (χ0) is 46.9. The van der Waals surface area contributed by atoms with Crippen LogP contribution in [-0.2, 0) is 47.4 Å². The Morgan fingerprint density at radius 1 is 0.250 bits per heavy atom. The Morgan fingerprint density at radius 2 is 0.426 bits per heavy atom. The van der Waals surface area contributed by atoms with Gasteiger partial charge in [-0.15, -0.1) is 0 Å². The number of benzene rings is 4. The van der Waals surface area contributed by atoms with Gasteiger partial charge in [0.15, 0.2) is 0 Å². The molecule has 0 unspecified atom stereocenters. The highest BCUT2D eigenvalue weighted by molar-refractivity contribution is 6.41. The summed E-state index contributed by atoms with van der Waals surface area (Å²) < 4.78 is 80.2. The van der Waals surface area contributed by atoms with Gasteiger partial charge in [0.2, 0.25) is 0 Å². The van der Waals surface area contributed by atoms with E-state index in [1.165, 1.54) is 0 Å². The normalized spacial score (nSPS) is 18.4. The van der Waals surface area contributed by atoms with E-state index in [2.05, 4.69) is 0 Å². The highest BCUT2D eigenvalue weighted by Crippen LogP contribution is 2.36. The van der Waals surface area contributed by atoms with Crippen LogP contribution in [0.5, 0.6) is 23.0 Å². The highest BCUT2D eigenvalue weighted by Gasteiger charge is 2.13. The molecule has 3 heterocycles. The van der Waals surface area contributed by atoms with Gasteiger partial charge in [0, 0.05) is 21.5 Å². The van der Waals surface area contributed by atoms with Crippen LogP contribution >= 0.6 is 23.2 Å². The summed E-state index contributed by atoms with van der Waals surface area (Å²) in [6.07, 6.45) is 0. The number of hydrogen-bond donors (Lipinski definition) is 0. The third-order valence-electron chi connectivity index (χ3n) is 10.3. The van der Waals surface area contributed by atoms with Crippen LogP contribution < -0.4 is 18.9 Å². The van der Waals surface area contributed by atoms with Crippen LogP contribution in [0.2, 0.25) is 10.0 Å². The molecule has 1 aliphatic rings. The third-order valence-corrected chi connectivity index (χ3v) is 11.1. The Labute approximate surface area is 406 Å². The first-order valence-electron chi connectivity index (χ1n) is 23.0. The van der Waals surface area contributed by atoms with E-state index in [4.69, 9.17) is 99.5 Å². The van der Waals surface area contributed by atoms with Crippen LogP contribution in [0, 0.1) is 0 Å². The first-order chi connectivity index (χ1) is 33.6. The average Bonchev–Trinajstić information content (AvgIpc) is 3.35. The standard InChI is InChI=1S/C50H60Cl2N2O14/c51-49-41-33-37-1-5-45(41)53-46-6-2-38(34-42(46)49)66-30-26-62-22-18-59-15-11-56-12-16-60-20-24-64-28-32-68-40-4-8-48-44(36-40)50(52)43-35-39(3-7-47(43)54-48)67-31-27-63-23-19-58-14-10-55-9-13-57-17-21-61-25-29-65-37/h1-8,33-36H,9-32H2. The molecule has 7 rings (SSSR count). The zero-order valence-corrected chi connectivity index (χ0v) is 39.8. The molecular weight excluding hydrogens is 923 g/mol. The lowest BCUT2D eigenvalue weighted by Gasteiger charge is -2.12. The molecular formula is C50H60Cl2N2O14. The second-order valence-electron chi connectivity index (χ2n) is 15.1. The molecule has 0 amide bonds. The van der Waals surface area contributed by atoms with Crippen LogP contribution in [0.15, 0.2) is 72.8 Å². The smallest absolute Gasteiger partial charge is 0.120 e. The van der Waals surface area contributed by atoms with Crippen LogP contribution in [0.1, 0.15) is 0 Å². The Hall–Kier alpha value is -4.40. The van der Waals surface area contributed by atoms with Crippen molar-refractivity contribution in [3.63, 3.8) is 0 Å². The summed E-state index contributed by atoms with van der Waals surface area (Å²) in [4.78, 5) is 9.58. The minimum Gasteiger partial charge on any atom is -0.491 e. The van der Waals surface area contributed by atoms with Gasteiger partial charge in [-0.05, 0) is 72.8 Å². The summed E-state index contributed by atoms with van der Waals surface area (Å²) in [5, 5.41) is 4.29. The molecule has 4 aromatic carbocycles. The molecule has 0 N–H and O–H groups in total. The van der Waals surface area contributed by atoms with E-state index in [9.17, 15) is 0 Å². The minimum absolute atomic E-state index is 0.369. The van der Waals surface area contributed by atoms with Gasteiger partial charge >= 0.3 is 0 Å². The average molecular weight is 984 g/mol. The second-order valence-corrected chi connectivity index (χ2v) is 15.8. The van der Waals surface area contributed by atoms with E-state index in [0.717, 1.165) is 43.6 Å². The Bertz CT molecular complexity index is 2110. The van der Waals surface area contributed by atoms with Crippen molar-refractivity contribution in [1.82, 2.24) is 9.97 Å². The molecule has 0 aliphatic carbocycles. The van der Waals surface area contributed by atoms with Crippen molar-refractivity contribution >= 4 is 66.8 Å². The predicted molar refractivity (Wildman–Crippen MR) is 259 cm³/mol. The Balaban J connectivity index is 0.819. The number of pyridine rings is 2. The first kappa shape index (κ1) is 51.5. The lowest BCUT2D eigenvalue weighted by atomic mass is 10.1. The molecule has 68 heavy (non-hydrogen) atoms. The monoisotopic (exact) mass is 982 g/mol. The van der Waals surface area contributed by atoms with Crippen molar-refractivity contribution in [2.45, 2.75) is 0 Å². The highest BCUT2D eigenvalue weighted by atomic mass is 35.5. The van der Waals surface area contributed by atoms with E-state index in [0.29, 0.717) is 192 Å². The van der Waals surface area contributed by atoms with Crippen LogP contribution in [0.4, 0.5) is 0 Å². The number of fused-ring (bicyclic) bond motifs is 4. The number of nitrogens with zero attached hydrogens (tertiary/aromatic N) is 2. The van der Waals surface area contributed by atoms with Crippen molar-refractivity contribution in [3.8, 4) is 23.0 Å². The SMILES string of the molecule is Clc1c2cc3ccc2nc2ccc(cc12)OCCOCCOCCOCCOCCOCCOc1ccc2nc4ccc(cc4c(Cl)c2c1)OCCOCCOCCOCCOCCOCCO3. The molecule has 0 fully saturated rings. The molecule has 16 nitrogen and oxygen atoms in total. The Morgan fingerprint density at radius 3 is 0.618 bits per heavy atom. The van der Waals surface area contributed by atoms with Gasteiger partial charge in [-0.2, -0.15) is 0 Å². The van der Waals surface area contributed by atoms with Crippen molar-refractivity contribution in [3.05, 3.63) is 82.8 Å². The zero-order valence-electron chi connectivity index (χ0n) is 38.3. The number of ether oxygens (including phenoxy) is 14. The maximum atomic E-state index is 6.90. The fourth-order valence-corrected chi connectivity index (χ4v) is 7.51. The minimum atomic E-state index is 0.369. The molecule has 0 spiro atoms. The fourth-order valence-electron chi connectivity index (χ4n) is 6.90. The molecule has 368 valence electrons. The van der Waals surface area contributed by atoms with E-state index in [-0.39, 0.29) is 0 Å². The van der Waals surface area contributed by atoms with E-state index < -0.39 is 0 Å². The number of hydrogen-bond acceptors (Lipinski definition) is 16. The van der Waals surface area contributed by atoms with Crippen molar-refractivity contribution < 1.29 is 66.3 Å². The third kappa shape index (κ3) is 16.9. The van der Waals surface area contributed by atoms with Crippen LogP contribution in [0.25, 0.3) is 43.6 Å². The molecule has 1 aliphatic heterocycles. The largest absolute Gasteiger partial charge is 0.491 e. The summed E-state index contributed by atoms with van der Waals surface area (Å²) in [6.45, 7) is 10.3. The first-order valence-corrected chi connectivity index (χ1v) is 23.7. The number of aromatic nitrogens is 2. The van der Waals surface area contributed by atoms with Gasteiger partial charge in [-0.3, -0.25) is 0 Å². The molecule has 6 aromatic rings. The van der Waals surface area contributed by atoms with Crippen molar-refractivity contribution in [2.24, 2.45) is 0 Å². The molecule has 8 bridgehead atoms. The maximum Gasteiger partial charge on any atom is 0.120 e. The van der Waals surface area contributed by atoms with Crippen LogP contribution in [0.3, 0.4) is 0 Å². The summed E-state index contributed by atoms with van der Waals surface area (Å²) in [5.41, 5.74) is 3.08. The van der Waals surface area contributed by atoms with Crippen LogP contribution in [-0.4, -0.2) is 169 Å². The topological polar surface area (TPSA) is 155 Å². The van der Waals surface area contributed by atoms with Gasteiger partial charge in [0.05, 0.1) is 164 Å². The molecule has 2 aromatic heterocycles. The summed E-state index contributed by atoms with van der Waals surface area (Å²) >= 11 is 13.8. The number of rotatable bonds is 0. The lowest BCUT2D eigenvalue weighted by Crippen LogP contribution is -2.15. The molecule has 0 atom stereocenters. The lowest BCUT2D eigenvalue weighted by molar-refractivity contribution is -0.0141. The summed E-state index contributed by atoms with van der Waals surface area (Å²) in [5.74, 6) is 2.68. The quantitative estimate of drug-likeness (QED) is 0.136. The molecule has 0 radical (unpaired) electrons. The molecule has 0 saturated carbocycles. The van der Waals surface area contributed by atoms with Gasteiger partial charge in [0.25, 0.3) is 0 Å². The van der Waals surface area contributed by atoms with Gasteiger partial charge in [-0.25, -0.2) is 9.97 Å². The molecule has 0 saturated heterocycles. The summed E-state index contributed by atoms with van der Waals surface area (Å²) in [6, 6.07) is 22.7. The molecule has 18 heteroatoms. The van der Waals surface area contributed by atoms with E-state index in [1.807, 2.05) is 72.8 Å². The fraction of sp³-hybridized carbons (Fsp3) is 0.480. The van der Waals surface area contributed by atoms with E-state index >= 15 is 0 Å². The van der Waals surface area contributed by atoms with E-state index in [1.54, 1.807) is 0 Å². The maximum absolute atomic E-state index is 6.90. The Kier molecular flexibility index (Phi) is 22.4. The van der Waals surface area contributed by atoms with Gasteiger partial charge in [-0.1, -0.05) is 23.2 Å². The van der Waals surface area contributed by atoms with Crippen molar-refractivity contribution in [1.29, 1.82) is 0 Å². The predicted octanol–water partition coefficient (Wildman–Crippen LogP) is 7.79. The van der Waals surface area contributed by atoms with Crippen molar-refractivity contribution in [2.75, 3.05) is 159 Å².